The molecule has 0 bridgehead atoms. The van der Waals surface area contributed by atoms with Gasteiger partial charge in [-0.2, -0.15) is 0 Å². The van der Waals surface area contributed by atoms with Crippen molar-refractivity contribution in [3.05, 3.63) is 34.9 Å². The van der Waals surface area contributed by atoms with Crippen LogP contribution in [0.1, 0.15) is 19.4 Å². The molecule has 1 heterocycles. The zero-order valence-corrected chi connectivity index (χ0v) is 10.6. The van der Waals surface area contributed by atoms with Crippen LogP contribution in [0.2, 0.25) is 0 Å². The topological polar surface area (TPSA) is 72.8 Å². The summed E-state index contributed by atoms with van der Waals surface area (Å²) in [5.41, 5.74) is -1.27. The Balaban J connectivity index is 2.49. The normalized spacial score (nSPS) is 17.5. The second kappa shape index (κ2) is 4.59. The van der Waals surface area contributed by atoms with Gasteiger partial charge in [0.05, 0.1) is 5.56 Å². The minimum atomic E-state index is -1.44. The van der Waals surface area contributed by atoms with Crippen LogP contribution >= 0.6 is 0 Å². The quantitative estimate of drug-likeness (QED) is 0.484. The Hall–Kier alpha value is -2.44. The van der Waals surface area contributed by atoms with Gasteiger partial charge in [-0.1, -0.05) is 0 Å². The molecule has 2 rings (SSSR count). The molecule has 0 atom stereocenters. The molecule has 0 unspecified atom stereocenters. The molecule has 0 radical (unpaired) electrons. The predicted molar refractivity (Wildman–Crippen MR) is 62.3 cm³/mol. The summed E-state index contributed by atoms with van der Waals surface area (Å²) in [6.45, 7) is 2.69. The Morgan fingerprint density at radius 2 is 1.70 bits per heavy atom. The fourth-order valence-electron chi connectivity index (χ4n) is 1.62. The lowest BCUT2D eigenvalue weighted by molar-refractivity contribution is -0.222. The number of phenols is 1. The monoisotopic (exact) mass is 284 g/mol. The maximum atomic E-state index is 13.5. The lowest BCUT2D eigenvalue weighted by atomic mass is 10.1. The van der Waals surface area contributed by atoms with E-state index >= 15 is 0 Å². The molecule has 0 spiro atoms. The van der Waals surface area contributed by atoms with Crippen LogP contribution in [-0.2, 0) is 19.1 Å². The predicted octanol–water partition coefficient (Wildman–Crippen LogP) is 1.89. The van der Waals surface area contributed by atoms with Crippen LogP contribution in [-0.4, -0.2) is 22.8 Å². The zero-order valence-electron chi connectivity index (χ0n) is 10.6. The summed E-state index contributed by atoms with van der Waals surface area (Å²) >= 11 is 0. The average Bonchev–Trinajstić information content (AvgIpc) is 2.31. The van der Waals surface area contributed by atoms with E-state index in [-0.39, 0.29) is 0 Å². The molecule has 5 nitrogen and oxygen atoms in total. The fourth-order valence-corrected chi connectivity index (χ4v) is 1.62. The number of phenolic OH excluding ortho intramolecular Hbond substituents is 1. The highest BCUT2D eigenvalue weighted by molar-refractivity contribution is 6.19. The van der Waals surface area contributed by atoms with Crippen LogP contribution in [0.5, 0.6) is 5.75 Å². The first-order chi connectivity index (χ1) is 9.21. The molecule has 0 amide bonds. The molecule has 0 saturated carbocycles. The number of rotatable bonds is 1. The van der Waals surface area contributed by atoms with Crippen LogP contribution in [0, 0.1) is 11.6 Å². The number of benzene rings is 1. The second-order valence-electron chi connectivity index (χ2n) is 4.53. The summed E-state index contributed by atoms with van der Waals surface area (Å²) in [6.07, 6.45) is 0.688. The molecule has 0 aliphatic carbocycles. The number of carbonyl (C=O) groups excluding carboxylic acids is 2. The molecule has 7 heteroatoms. The highest BCUT2D eigenvalue weighted by Crippen LogP contribution is 2.29. The van der Waals surface area contributed by atoms with E-state index in [0.29, 0.717) is 12.1 Å². The molecule has 1 aliphatic rings. The largest absolute Gasteiger partial charge is 0.507 e. The minimum Gasteiger partial charge on any atom is -0.507 e. The first-order valence-corrected chi connectivity index (χ1v) is 5.56. The Bertz CT molecular complexity index is 612. The summed E-state index contributed by atoms with van der Waals surface area (Å²) < 4.78 is 36.2. The van der Waals surface area contributed by atoms with Gasteiger partial charge < -0.3 is 14.6 Å². The van der Waals surface area contributed by atoms with Gasteiger partial charge in [-0.15, -0.1) is 0 Å². The number of cyclic esters (lactones) is 2. The Kier molecular flexibility index (Phi) is 3.21. The number of carbonyl (C=O) groups is 2. The van der Waals surface area contributed by atoms with Crippen LogP contribution in [0.4, 0.5) is 8.78 Å². The van der Waals surface area contributed by atoms with Gasteiger partial charge in [0.2, 0.25) is 0 Å². The molecule has 0 aromatic heterocycles. The molecule has 1 aliphatic heterocycles. The van der Waals surface area contributed by atoms with E-state index in [4.69, 9.17) is 9.47 Å². The van der Waals surface area contributed by atoms with Crippen molar-refractivity contribution < 1.29 is 33.0 Å². The number of aromatic hydroxyl groups is 1. The summed E-state index contributed by atoms with van der Waals surface area (Å²) in [5.74, 6) is -6.77. The van der Waals surface area contributed by atoms with E-state index in [9.17, 15) is 23.5 Å². The molecule has 1 aromatic carbocycles. The molecule has 106 valence electrons. The molecule has 1 aromatic rings. The summed E-state index contributed by atoms with van der Waals surface area (Å²) in [4.78, 5) is 23.3. The second-order valence-corrected chi connectivity index (χ2v) is 4.53. The van der Waals surface area contributed by atoms with Crippen molar-refractivity contribution in [3.8, 4) is 5.75 Å². The van der Waals surface area contributed by atoms with E-state index in [1.165, 1.54) is 13.8 Å². The molecular weight excluding hydrogens is 274 g/mol. The third-order valence-electron chi connectivity index (χ3n) is 2.52. The summed E-state index contributed by atoms with van der Waals surface area (Å²) in [6, 6.07) is 1.61. The Morgan fingerprint density at radius 3 is 2.25 bits per heavy atom. The van der Waals surface area contributed by atoms with Crippen molar-refractivity contribution in [1.29, 1.82) is 0 Å². The summed E-state index contributed by atoms with van der Waals surface area (Å²) in [5, 5.41) is 9.47. The van der Waals surface area contributed by atoms with E-state index in [0.717, 1.165) is 6.07 Å². The van der Waals surface area contributed by atoms with Crippen LogP contribution in [0.3, 0.4) is 0 Å². The molecule has 1 N–H and O–H groups in total. The van der Waals surface area contributed by atoms with E-state index < -0.39 is 46.2 Å². The van der Waals surface area contributed by atoms with Gasteiger partial charge in [-0.3, -0.25) is 0 Å². The number of hydrogen-bond acceptors (Lipinski definition) is 5. The lowest BCUT2D eigenvalue weighted by Crippen LogP contribution is -2.41. The van der Waals surface area contributed by atoms with Gasteiger partial charge in [-0.25, -0.2) is 18.4 Å². The van der Waals surface area contributed by atoms with E-state index in [2.05, 4.69) is 0 Å². The molecule has 1 fully saturated rings. The van der Waals surface area contributed by atoms with Gasteiger partial charge in [0.1, 0.15) is 11.3 Å². The number of halogens is 2. The highest BCUT2D eigenvalue weighted by Gasteiger charge is 2.39. The highest BCUT2D eigenvalue weighted by atomic mass is 19.2. The fraction of sp³-hybridized carbons (Fsp3) is 0.231. The van der Waals surface area contributed by atoms with Crippen molar-refractivity contribution >= 4 is 18.0 Å². The van der Waals surface area contributed by atoms with Crippen molar-refractivity contribution in [2.45, 2.75) is 19.6 Å². The SMILES string of the molecule is CC1(C)OC(=O)C(=Cc2c(O)ccc(F)c2F)C(=O)O1. The van der Waals surface area contributed by atoms with Crippen LogP contribution in [0.25, 0.3) is 6.08 Å². The van der Waals surface area contributed by atoms with Crippen LogP contribution in [0.15, 0.2) is 17.7 Å². The van der Waals surface area contributed by atoms with E-state index in [1.54, 1.807) is 0 Å². The number of esters is 2. The van der Waals surface area contributed by atoms with Crippen molar-refractivity contribution in [3.63, 3.8) is 0 Å². The third kappa shape index (κ3) is 2.47. The van der Waals surface area contributed by atoms with Gasteiger partial charge >= 0.3 is 11.9 Å². The first-order valence-electron chi connectivity index (χ1n) is 5.56. The molecular formula is C13H10F2O5. The van der Waals surface area contributed by atoms with Crippen molar-refractivity contribution in [2.24, 2.45) is 0 Å². The van der Waals surface area contributed by atoms with Crippen molar-refractivity contribution in [2.75, 3.05) is 0 Å². The van der Waals surface area contributed by atoms with Gasteiger partial charge in [0, 0.05) is 13.8 Å². The maximum Gasteiger partial charge on any atom is 0.348 e. The Morgan fingerprint density at radius 1 is 1.15 bits per heavy atom. The van der Waals surface area contributed by atoms with Crippen LogP contribution < -0.4 is 0 Å². The minimum absolute atomic E-state index is 0.623. The molecule has 20 heavy (non-hydrogen) atoms. The third-order valence-corrected chi connectivity index (χ3v) is 2.52. The van der Waals surface area contributed by atoms with Gasteiger partial charge in [0.25, 0.3) is 5.79 Å². The first kappa shape index (κ1) is 14.0. The number of hydrogen-bond donors (Lipinski definition) is 1. The Labute approximate surface area is 112 Å². The lowest BCUT2D eigenvalue weighted by Gasteiger charge is -2.29. The van der Waals surface area contributed by atoms with Gasteiger partial charge in [-0.05, 0) is 18.2 Å². The smallest absolute Gasteiger partial charge is 0.348 e. The number of ether oxygens (including phenoxy) is 2. The van der Waals surface area contributed by atoms with Crippen molar-refractivity contribution in [1.82, 2.24) is 0 Å². The molecule has 1 saturated heterocycles. The summed E-state index contributed by atoms with van der Waals surface area (Å²) in [7, 11) is 0. The van der Waals surface area contributed by atoms with E-state index in [1.807, 2.05) is 0 Å². The maximum absolute atomic E-state index is 13.5. The standard InChI is InChI=1S/C13H10F2O5/c1-13(2)19-11(17)7(12(18)20-13)5-6-9(16)4-3-8(14)10(6)15/h3-5,16H,1-2H3. The zero-order chi connectivity index (χ0) is 15.1. The average molecular weight is 284 g/mol. The van der Waals surface area contributed by atoms with Gasteiger partial charge in [0.15, 0.2) is 11.6 Å².